The second-order valence-corrected chi connectivity index (χ2v) is 7.51. The molecule has 2 fully saturated rings. The highest BCUT2D eigenvalue weighted by Crippen LogP contribution is 2.49. The lowest BCUT2D eigenvalue weighted by molar-refractivity contribution is -0.117. The molecule has 0 aliphatic heterocycles. The molecule has 0 radical (unpaired) electrons. The van der Waals surface area contributed by atoms with Crippen molar-refractivity contribution in [1.82, 2.24) is 0 Å². The van der Waals surface area contributed by atoms with Crippen LogP contribution in [-0.2, 0) is 11.2 Å². The Morgan fingerprint density at radius 1 is 0.958 bits per heavy atom. The molecule has 2 aliphatic carbocycles. The molecule has 0 heterocycles. The van der Waals surface area contributed by atoms with Crippen molar-refractivity contribution in [2.24, 2.45) is 17.8 Å². The van der Waals surface area contributed by atoms with Gasteiger partial charge in [0.05, 0.1) is 0 Å². The Morgan fingerprint density at radius 3 is 2.50 bits per heavy atom. The number of amides is 1. The Balaban J connectivity index is 1.41. The Bertz CT molecular complexity index is 709. The van der Waals surface area contributed by atoms with Crippen molar-refractivity contribution in [3.05, 3.63) is 65.7 Å². The summed E-state index contributed by atoms with van der Waals surface area (Å²) in [5.74, 6) is 2.51. The fourth-order valence-corrected chi connectivity index (χ4v) is 4.68. The zero-order valence-corrected chi connectivity index (χ0v) is 14.1. The topological polar surface area (TPSA) is 29.1 Å². The van der Waals surface area contributed by atoms with Crippen LogP contribution in [0.4, 0.5) is 5.69 Å². The van der Waals surface area contributed by atoms with E-state index in [-0.39, 0.29) is 5.91 Å². The van der Waals surface area contributed by atoms with Crippen molar-refractivity contribution in [2.45, 2.75) is 38.5 Å². The number of carbonyl (C=O) groups is 1. The van der Waals surface area contributed by atoms with Crippen molar-refractivity contribution in [1.29, 1.82) is 0 Å². The Labute approximate surface area is 144 Å². The van der Waals surface area contributed by atoms with Crippen LogP contribution < -0.4 is 5.32 Å². The van der Waals surface area contributed by atoms with E-state index in [1.165, 1.54) is 36.8 Å². The van der Waals surface area contributed by atoms with E-state index in [0.717, 1.165) is 23.9 Å². The molecule has 2 aliphatic rings. The largest absolute Gasteiger partial charge is 0.326 e. The average Bonchev–Trinajstić information content (AvgIpc) is 3.20. The van der Waals surface area contributed by atoms with Crippen molar-refractivity contribution in [2.75, 3.05) is 5.32 Å². The molecule has 2 bridgehead atoms. The molecule has 2 nitrogen and oxygen atoms in total. The van der Waals surface area contributed by atoms with Crippen molar-refractivity contribution in [3.63, 3.8) is 0 Å². The quantitative estimate of drug-likeness (QED) is 0.821. The lowest BCUT2D eigenvalue weighted by Gasteiger charge is -2.21. The molecule has 4 rings (SSSR count). The van der Waals surface area contributed by atoms with Crippen LogP contribution in [0.1, 0.15) is 43.2 Å². The fraction of sp³-hybridized carbons (Fsp3) is 0.409. The highest BCUT2D eigenvalue weighted by Gasteiger charge is 2.40. The van der Waals surface area contributed by atoms with E-state index in [1.54, 1.807) is 0 Å². The first-order valence-electron chi connectivity index (χ1n) is 9.19. The molecule has 124 valence electrons. The number of anilines is 1. The molecule has 2 aromatic rings. The molecule has 3 atom stereocenters. The summed E-state index contributed by atoms with van der Waals surface area (Å²) >= 11 is 0. The van der Waals surface area contributed by atoms with Crippen LogP contribution >= 0.6 is 0 Å². The van der Waals surface area contributed by atoms with Crippen LogP contribution in [0.3, 0.4) is 0 Å². The van der Waals surface area contributed by atoms with E-state index in [2.05, 4.69) is 35.6 Å². The number of carbonyl (C=O) groups excluding carboxylic acids is 1. The molecule has 0 spiro atoms. The van der Waals surface area contributed by atoms with Crippen LogP contribution in [0.15, 0.2) is 54.6 Å². The minimum atomic E-state index is 0.188. The van der Waals surface area contributed by atoms with Gasteiger partial charge in [0.15, 0.2) is 0 Å². The SMILES string of the molecule is O=C(CC1CC2CCC1C2)Nc1ccccc1Cc1ccccc1. The van der Waals surface area contributed by atoms with E-state index < -0.39 is 0 Å². The van der Waals surface area contributed by atoms with Gasteiger partial charge in [-0.05, 0) is 60.6 Å². The van der Waals surface area contributed by atoms with Crippen LogP contribution in [0.5, 0.6) is 0 Å². The Morgan fingerprint density at radius 2 is 1.75 bits per heavy atom. The molecule has 0 aromatic heterocycles. The highest BCUT2D eigenvalue weighted by molar-refractivity contribution is 5.91. The van der Waals surface area contributed by atoms with Gasteiger partial charge in [-0.25, -0.2) is 0 Å². The standard InChI is InChI=1S/C22H25NO/c24-22(15-20-14-17-10-11-18(20)13-17)23-21-9-5-4-8-19(21)12-16-6-2-1-3-7-16/h1-9,17-18,20H,10-15H2,(H,23,24). The fourth-order valence-electron chi connectivity index (χ4n) is 4.68. The predicted molar refractivity (Wildman–Crippen MR) is 97.9 cm³/mol. The second-order valence-electron chi connectivity index (χ2n) is 7.51. The maximum Gasteiger partial charge on any atom is 0.224 e. The summed E-state index contributed by atoms with van der Waals surface area (Å²) < 4.78 is 0. The van der Waals surface area contributed by atoms with Crippen LogP contribution in [0.25, 0.3) is 0 Å². The molecule has 2 heteroatoms. The normalized spacial score (nSPS) is 24.9. The van der Waals surface area contributed by atoms with Gasteiger partial charge in [0.25, 0.3) is 0 Å². The first kappa shape index (κ1) is 15.4. The average molecular weight is 319 g/mol. The summed E-state index contributed by atoms with van der Waals surface area (Å²) in [7, 11) is 0. The third kappa shape index (κ3) is 3.38. The van der Waals surface area contributed by atoms with Crippen molar-refractivity contribution < 1.29 is 4.79 Å². The number of fused-ring (bicyclic) bond motifs is 2. The van der Waals surface area contributed by atoms with Gasteiger partial charge in [-0.3, -0.25) is 4.79 Å². The maximum atomic E-state index is 12.5. The van der Waals surface area contributed by atoms with E-state index in [9.17, 15) is 4.79 Å². The minimum Gasteiger partial charge on any atom is -0.326 e. The number of hydrogen-bond acceptors (Lipinski definition) is 1. The maximum absolute atomic E-state index is 12.5. The van der Waals surface area contributed by atoms with Gasteiger partial charge in [0.1, 0.15) is 0 Å². The molecular weight excluding hydrogens is 294 g/mol. The van der Waals surface area contributed by atoms with Gasteiger partial charge in [0, 0.05) is 12.1 Å². The summed E-state index contributed by atoms with van der Waals surface area (Å²) in [4.78, 5) is 12.5. The second kappa shape index (κ2) is 6.80. The first-order valence-corrected chi connectivity index (χ1v) is 9.19. The van der Waals surface area contributed by atoms with Crippen molar-refractivity contribution >= 4 is 11.6 Å². The van der Waals surface area contributed by atoms with Gasteiger partial charge in [-0.2, -0.15) is 0 Å². The van der Waals surface area contributed by atoms with Gasteiger partial charge < -0.3 is 5.32 Å². The lowest BCUT2D eigenvalue weighted by atomic mass is 9.86. The minimum absolute atomic E-state index is 0.188. The molecule has 2 saturated carbocycles. The summed E-state index contributed by atoms with van der Waals surface area (Å²) in [6, 6.07) is 18.6. The Kier molecular flexibility index (Phi) is 4.38. The smallest absolute Gasteiger partial charge is 0.224 e. The number of nitrogens with one attached hydrogen (secondary N) is 1. The molecule has 24 heavy (non-hydrogen) atoms. The molecule has 3 unspecified atom stereocenters. The van der Waals surface area contributed by atoms with Gasteiger partial charge in [-0.1, -0.05) is 55.0 Å². The number of benzene rings is 2. The van der Waals surface area contributed by atoms with E-state index in [4.69, 9.17) is 0 Å². The molecule has 1 amide bonds. The summed E-state index contributed by atoms with van der Waals surface area (Å²) in [6.45, 7) is 0. The van der Waals surface area contributed by atoms with Crippen LogP contribution in [0, 0.1) is 17.8 Å². The van der Waals surface area contributed by atoms with Gasteiger partial charge >= 0.3 is 0 Å². The van der Waals surface area contributed by atoms with Gasteiger partial charge in [0.2, 0.25) is 5.91 Å². The van der Waals surface area contributed by atoms with E-state index in [0.29, 0.717) is 12.3 Å². The van der Waals surface area contributed by atoms with Crippen molar-refractivity contribution in [3.8, 4) is 0 Å². The third-order valence-corrected chi connectivity index (χ3v) is 5.86. The van der Waals surface area contributed by atoms with Gasteiger partial charge in [-0.15, -0.1) is 0 Å². The number of para-hydroxylation sites is 1. The molecule has 2 aromatic carbocycles. The zero-order valence-electron chi connectivity index (χ0n) is 14.1. The van der Waals surface area contributed by atoms with E-state index >= 15 is 0 Å². The van der Waals surface area contributed by atoms with Crippen LogP contribution in [0.2, 0.25) is 0 Å². The summed E-state index contributed by atoms with van der Waals surface area (Å²) in [5.41, 5.74) is 3.42. The zero-order chi connectivity index (χ0) is 16.4. The summed E-state index contributed by atoms with van der Waals surface area (Å²) in [6.07, 6.45) is 6.91. The third-order valence-electron chi connectivity index (χ3n) is 5.86. The Hall–Kier alpha value is -2.09. The van der Waals surface area contributed by atoms with E-state index in [1.807, 2.05) is 24.3 Å². The summed E-state index contributed by atoms with van der Waals surface area (Å²) in [5, 5.41) is 3.18. The predicted octanol–water partition coefficient (Wildman–Crippen LogP) is 5.04. The monoisotopic (exact) mass is 319 g/mol. The molecular formula is C22H25NO. The first-order chi connectivity index (χ1) is 11.8. The van der Waals surface area contributed by atoms with Crippen LogP contribution in [-0.4, -0.2) is 5.91 Å². The highest BCUT2D eigenvalue weighted by atomic mass is 16.1. The number of hydrogen-bond donors (Lipinski definition) is 1. The molecule has 0 saturated heterocycles. The molecule has 1 N–H and O–H groups in total. The number of rotatable bonds is 5. The lowest BCUT2D eigenvalue weighted by Crippen LogP contribution is -2.20.